The summed E-state index contributed by atoms with van der Waals surface area (Å²) in [7, 11) is 0. The van der Waals surface area contributed by atoms with Crippen molar-refractivity contribution < 1.29 is 4.42 Å². The van der Waals surface area contributed by atoms with Gasteiger partial charge in [-0.25, -0.2) is 0 Å². The van der Waals surface area contributed by atoms with Gasteiger partial charge in [-0.3, -0.25) is 4.90 Å². The first-order valence-corrected chi connectivity index (χ1v) is 7.01. The molecular weight excluding hydrogens is 278 g/mol. The van der Waals surface area contributed by atoms with Gasteiger partial charge in [-0.15, -0.1) is 0 Å². The number of likely N-dealkylation sites (tertiary alicyclic amines) is 1. The predicted octanol–water partition coefficient (Wildman–Crippen LogP) is 4.18. The van der Waals surface area contributed by atoms with Crippen LogP contribution in [0.2, 0.25) is 0 Å². The molecule has 1 aromatic heterocycles. The molecule has 0 N–H and O–H groups in total. The van der Waals surface area contributed by atoms with Crippen LogP contribution in [0.1, 0.15) is 25.0 Å². The summed E-state index contributed by atoms with van der Waals surface area (Å²) >= 11 is 3.56. The quantitative estimate of drug-likeness (QED) is 0.826. The van der Waals surface area contributed by atoms with E-state index in [2.05, 4.69) is 33.0 Å². The Morgan fingerprint density at radius 3 is 2.76 bits per heavy atom. The first kappa shape index (κ1) is 11.3. The molecule has 3 heteroatoms. The molecule has 1 saturated heterocycles. The highest BCUT2D eigenvalue weighted by molar-refractivity contribution is 9.10. The third kappa shape index (κ3) is 2.40. The van der Waals surface area contributed by atoms with E-state index in [0.717, 1.165) is 22.4 Å². The zero-order valence-electron chi connectivity index (χ0n) is 9.79. The van der Waals surface area contributed by atoms with Gasteiger partial charge in [0.25, 0.3) is 0 Å². The minimum Gasteiger partial charge on any atom is -0.460 e. The van der Waals surface area contributed by atoms with Gasteiger partial charge in [0.05, 0.1) is 6.54 Å². The van der Waals surface area contributed by atoms with Crippen molar-refractivity contribution in [2.75, 3.05) is 13.1 Å². The summed E-state index contributed by atoms with van der Waals surface area (Å²) in [4.78, 5) is 2.48. The van der Waals surface area contributed by atoms with Gasteiger partial charge in [0.2, 0.25) is 0 Å². The van der Waals surface area contributed by atoms with Gasteiger partial charge in [0.15, 0.2) is 0 Å². The zero-order chi connectivity index (χ0) is 11.7. The van der Waals surface area contributed by atoms with Gasteiger partial charge < -0.3 is 4.42 Å². The normalized spacial score (nSPS) is 17.7. The molecule has 2 nitrogen and oxygen atoms in total. The van der Waals surface area contributed by atoms with Crippen LogP contribution in [0.3, 0.4) is 0 Å². The third-order valence-electron chi connectivity index (χ3n) is 3.39. The molecule has 1 aliphatic rings. The molecule has 0 aliphatic carbocycles. The highest BCUT2D eigenvalue weighted by atomic mass is 79.9. The molecule has 1 aromatic carbocycles. The third-order valence-corrected chi connectivity index (χ3v) is 4.08. The average molecular weight is 294 g/mol. The van der Waals surface area contributed by atoms with E-state index in [1.807, 2.05) is 12.1 Å². The summed E-state index contributed by atoms with van der Waals surface area (Å²) < 4.78 is 6.99. The molecule has 3 rings (SSSR count). The predicted molar refractivity (Wildman–Crippen MR) is 73.0 cm³/mol. The van der Waals surface area contributed by atoms with E-state index >= 15 is 0 Å². The topological polar surface area (TPSA) is 16.4 Å². The number of hydrogen-bond donors (Lipinski definition) is 0. The molecule has 2 aromatic rings. The lowest BCUT2D eigenvalue weighted by atomic mass is 10.1. The first-order valence-electron chi connectivity index (χ1n) is 6.22. The molecule has 1 aliphatic heterocycles. The SMILES string of the molecule is Brc1cccc2oc(CN3CCCCC3)cc12. The second-order valence-corrected chi connectivity index (χ2v) is 5.56. The van der Waals surface area contributed by atoms with E-state index in [1.165, 1.54) is 37.7 Å². The fourth-order valence-corrected chi connectivity index (χ4v) is 2.96. The van der Waals surface area contributed by atoms with Crippen molar-refractivity contribution in [3.8, 4) is 0 Å². The molecule has 0 saturated carbocycles. The van der Waals surface area contributed by atoms with Gasteiger partial charge in [-0.1, -0.05) is 28.4 Å². The van der Waals surface area contributed by atoms with Crippen LogP contribution in [0.15, 0.2) is 33.2 Å². The summed E-state index contributed by atoms with van der Waals surface area (Å²) in [5.41, 5.74) is 0.978. The monoisotopic (exact) mass is 293 g/mol. The van der Waals surface area contributed by atoms with Crippen LogP contribution in [0.4, 0.5) is 0 Å². The lowest BCUT2D eigenvalue weighted by molar-refractivity contribution is 0.207. The van der Waals surface area contributed by atoms with E-state index in [1.54, 1.807) is 0 Å². The Labute approximate surface area is 110 Å². The number of furan rings is 1. The Bertz CT molecular complexity index is 514. The molecule has 0 atom stereocenters. The van der Waals surface area contributed by atoms with Crippen LogP contribution < -0.4 is 0 Å². The number of piperidine rings is 1. The Hall–Kier alpha value is -0.800. The Morgan fingerprint density at radius 1 is 1.18 bits per heavy atom. The molecule has 90 valence electrons. The number of fused-ring (bicyclic) bond motifs is 1. The van der Waals surface area contributed by atoms with Crippen molar-refractivity contribution in [2.24, 2.45) is 0 Å². The van der Waals surface area contributed by atoms with Crippen LogP contribution in [-0.4, -0.2) is 18.0 Å². The average Bonchev–Trinajstić information content (AvgIpc) is 2.74. The fraction of sp³-hybridized carbons (Fsp3) is 0.429. The Balaban J connectivity index is 1.83. The molecule has 0 spiro atoms. The highest BCUT2D eigenvalue weighted by Crippen LogP contribution is 2.27. The van der Waals surface area contributed by atoms with Crippen molar-refractivity contribution in [3.63, 3.8) is 0 Å². The van der Waals surface area contributed by atoms with Crippen molar-refractivity contribution in [3.05, 3.63) is 34.5 Å². The van der Waals surface area contributed by atoms with Gasteiger partial charge in [0.1, 0.15) is 11.3 Å². The highest BCUT2D eigenvalue weighted by Gasteiger charge is 2.13. The minimum atomic E-state index is 0.946. The molecule has 1 fully saturated rings. The number of benzene rings is 1. The number of nitrogens with zero attached hydrogens (tertiary/aromatic N) is 1. The Morgan fingerprint density at radius 2 is 2.00 bits per heavy atom. The first-order chi connectivity index (χ1) is 8.33. The molecule has 0 unspecified atom stereocenters. The molecular formula is C14H16BrNO. The molecule has 17 heavy (non-hydrogen) atoms. The van der Waals surface area contributed by atoms with Crippen LogP contribution in [0, 0.1) is 0 Å². The van der Waals surface area contributed by atoms with Crippen LogP contribution in [0.25, 0.3) is 11.0 Å². The van der Waals surface area contributed by atoms with Gasteiger partial charge in [0, 0.05) is 9.86 Å². The maximum atomic E-state index is 5.88. The molecule has 0 bridgehead atoms. The van der Waals surface area contributed by atoms with Crippen LogP contribution in [-0.2, 0) is 6.54 Å². The number of hydrogen-bond acceptors (Lipinski definition) is 2. The molecule has 2 heterocycles. The van der Waals surface area contributed by atoms with E-state index in [0.29, 0.717) is 0 Å². The summed E-state index contributed by atoms with van der Waals surface area (Å²) in [5, 5.41) is 1.18. The molecule has 0 amide bonds. The lowest BCUT2D eigenvalue weighted by Crippen LogP contribution is -2.28. The zero-order valence-corrected chi connectivity index (χ0v) is 11.4. The standard InChI is InChI=1S/C14H16BrNO/c15-13-5-4-6-14-12(13)9-11(17-14)10-16-7-2-1-3-8-16/h4-6,9H,1-3,7-8,10H2. The number of halogens is 1. The van der Waals surface area contributed by atoms with Crippen LogP contribution in [0.5, 0.6) is 0 Å². The summed E-state index contributed by atoms with van der Waals surface area (Å²) in [6.45, 7) is 3.36. The minimum absolute atomic E-state index is 0.946. The van der Waals surface area contributed by atoms with E-state index < -0.39 is 0 Å². The Kier molecular flexibility index (Phi) is 3.21. The fourth-order valence-electron chi connectivity index (χ4n) is 2.49. The maximum absolute atomic E-state index is 5.88. The van der Waals surface area contributed by atoms with Gasteiger partial charge >= 0.3 is 0 Å². The molecule has 0 radical (unpaired) electrons. The van der Waals surface area contributed by atoms with Crippen molar-refractivity contribution >= 4 is 26.9 Å². The van der Waals surface area contributed by atoms with Gasteiger partial charge in [-0.2, -0.15) is 0 Å². The summed E-state index contributed by atoms with van der Waals surface area (Å²) in [6.07, 6.45) is 4.02. The van der Waals surface area contributed by atoms with E-state index in [4.69, 9.17) is 4.42 Å². The van der Waals surface area contributed by atoms with Crippen molar-refractivity contribution in [2.45, 2.75) is 25.8 Å². The van der Waals surface area contributed by atoms with E-state index in [-0.39, 0.29) is 0 Å². The second-order valence-electron chi connectivity index (χ2n) is 4.70. The maximum Gasteiger partial charge on any atom is 0.135 e. The van der Waals surface area contributed by atoms with Crippen LogP contribution >= 0.6 is 15.9 Å². The number of rotatable bonds is 2. The summed E-state index contributed by atoms with van der Waals surface area (Å²) in [6, 6.07) is 8.26. The largest absolute Gasteiger partial charge is 0.460 e. The van der Waals surface area contributed by atoms with E-state index in [9.17, 15) is 0 Å². The summed E-state index contributed by atoms with van der Waals surface area (Å²) in [5.74, 6) is 1.08. The second kappa shape index (κ2) is 4.83. The van der Waals surface area contributed by atoms with Crippen molar-refractivity contribution in [1.82, 2.24) is 4.90 Å². The lowest BCUT2D eigenvalue weighted by Gasteiger charge is -2.25. The smallest absolute Gasteiger partial charge is 0.135 e. The van der Waals surface area contributed by atoms with Crippen molar-refractivity contribution in [1.29, 1.82) is 0 Å². The van der Waals surface area contributed by atoms with Gasteiger partial charge in [-0.05, 0) is 44.1 Å².